The van der Waals surface area contributed by atoms with Crippen LogP contribution in [0.4, 0.5) is 17.1 Å². The summed E-state index contributed by atoms with van der Waals surface area (Å²) in [6.07, 6.45) is -0.250. The Hall–Kier alpha value is -4.33. The van der Waals surface area contributed by atoms with Gasteiger partial charge in [-0.25, -0.2) is 0 Å². The minimum absolute atomic E-state index is 0.103. The van der Waals surface area contributed by atoms with Crippen molar-refractivity contribution < 1.29 is 24.2 Å². The quantitative estimate of drug-likeness (QED) is 0.301. The Morgan fingerprint density at radius 2 is 1.86 bits per heavy atom. The predicted octanol–water partition coefficient (Wildman–Crippen LogP) is 3.58. The first kappa shape index (κ1) is 26.3. The van der Waals surface area contributed by atoms with E-state index in [0.717, 1.165) is 16.8 Å². The number of hydrogen-bond acceptors (Lipinski definition) is 10. The van der Waals surface area contributed by atoms with Crippen LogP contribution in [0.25, 0.3) is 0 Å². The molecule has 1 unspecified atom stereocenters. The van der Waals surface area contributed by atoms with Crippen LogP contribution in [0.15, 0.2) is 52.6 Å². The Morgan fingerprint density at radius 1 is 1.17 bits per heavy atom. The van der Waals surface area contributed by atoms with E-state index in [9.17, 15) is 29.8 Å². The molecule has 13 nitrogen and oxygen atoms in total. The highest BCUT2D eigenvalue weighted by molar-refractivity contribution is 8.15. The van der Waals surface area contributed by atoms with Crippen molar-refractivity contribution in [3.8, 4) is 5.75 Å². The van der Waals surface area contributed by atoms with Gasteiger partial charge >= 0.3 is 0 Å². The average Bonchev–Trinajstić information content (AvgIpc) is 3.12. The molecule has 1 fully saturated rings. The number of carbonyl (C=O) groups is 2. The Balaban J connectivity index is 1.80. The first-order chi connectivity index (χ1) is 17.1. The lowest BCUT2D eigenvalue weighted by Gasteiger charge is -2.12. The summed E-state index contributed by atoms with van der Waals surface area (Å²) >= 11 is 1.06. The summed E-state index contributed by atoms with van der Waals surface area (Å²) in [5, 5.41) is 29.6. The number of nitro groups is 2. The first-order valence-corrected chi connectivity index (χ1v) is 11.5. The third-order valence-electron chi connectivity index (χ3n) is 4.97. The summed E-state index contributed by atoms with van der Waals surface area (Å²) in [6, 6.07) is 9.63. The zero-order chi connectivity index (χ0) is 26.4. The van der Waals surface area contributed by atoms with Crippen LogP contribution in [0.3, 0.4) is 0 Å². The second-order valence-electron chi connectivity index (χ2n) is 7.40. The van der Waals surface area contributed by atoms with Gasteiger partial charge < -0.3 is 10.1 Å². The van der Waals surface area contributed by atoms with Crippen LogP contribution in [0.5, 0.6) is 5.75 Å². The maximum Gasteiger partial charge on any atom is 0.271 e. The zero-order valence-corrected chi connectivity index (χ0v) is 20.4. The Kier molecular flexibility index (Phi) is 8.32. The van der Waals surface area contributed by atoms with Crippen LogP contribution in [0, 0.1) is 20.2 Å². The third kappa shape index (κ3) is 6.02. The predicted molar refractivity (Wildman–Crippen MR) is 134 cm³/mol. The molecule has 0 spiro atoms. The van der Waals surface area contributed by atoms with Crippen molar-refractivity contribution in [3.05, 3.63) is 68.3 Å². The molecule has 0 aliphatic carbocycles. The van der Waals surface area contributed by atoms with Gasteiger partial charge in [-0.1, -0.05) is 23.9 Å². The molecule has 0 saturated carbocycles. The van der Waals surface area contributed by atoms with E-state index in [1.54, 1.807) is 19.9 Å². The highest BCUT2D eigenvalue weighted by Gasteiger charge is 2.39. The lowest BCUT2D eigenvalue weighted by molar-refractivity contribution is -0.385. The number of nitro benzene ring substituents is 2. The molecule has 36 heavy (non-hydrogen) atoms. The van der Waals surface area contributed by atoms with Gasteiger partial charge in [0.1, 0.15) is 11.0 Å². The van der Waals surface area contributed by atoms with E-state index in [1.165, 1.54) is 43.5 Å². The Morgan fingerprint density at radius 3 is 2.50 bits per heavy atom. The molecule has 0 bridgehead atoms. The van der Waals surface area contributed by atoms with Crippen LogP contribution in [0.2, 0.25) is 0 Å². The Bertz CT molecular complexity index is 1280. The number of hydrogen-bond donors (Lipinski definition) is 1. The number of hydrazone groups is 1. The Labute approximate surface area is 209 Å². The number of nitrogens with zero attached hydrogens (tertiary/aromatic N) is 5. The minimum Gasteiger partial charge on any atom is -0.495 e. The van der Waals surface area contributed by atoms with Gasteiger partial charge in [-0.3, -0.25) is 34.8 Å². The molecule has 1 aliphatic heterocycles. The van der Waals surface area contributed by atoms with Crippen LogP contribution in [-0.2, 0) is 9.59 Å². The van der Waals surface area contributed by atoms with E-state index in [4.69, 9.17) is 4.74 Å². The lowest BCUT2D eigenvalue weighted by Crippen LogP contribution is -2.30. The van der Waals surface area contributed by atoms with Gasteiger partial charge in [-0.2, -0.15) is 10.1 Å². The molecule has 0 aromatic heterocycles. The zero-order valence-electron chi connectivity index (χ0n) is 19.5. The number of thioether (sulfide) groups is 1. The molecule has 2 aromatic rings. The fourth-order valence-corrected chi connectivity index (χ4v) is 4.37. The average molecular weight is 515 g/mol. The van der Waals surface area contributed by atoms with Crippen LogP contribution >= 0.6 is 11.8 Å². The van der Waals surface area contributed by atoms with E-state index in [2.05, 4.69) is 15.4 Å². The highest BCUT2D eigenvalue weighted by atomic mass is 32.2. The number of amides is 2. The van der Waals surface area contributed by atoms with Crippen molar-refractivity contribution in [2.24, 2.45) is 10.1 Å². The SMILES string of the molecule is CCN=C1SC(CC(=O)Nc2cc([N+](=O)[O-])ccc2OC)C(=O)N1/N=C(\C)c1cccc([N+](=O)[O-])c1. The number of rotatable bonds is 9. The summed E-state index contributed by atoms with van der Waals surface area (Å²) in [5.41, 5.74) is 0.565. The molecular formula is C22H22N6O7S. The molecule has 1 atom stereocenters. The number of nitrogens with one attached hydrogen (secondary N) is 1. The smallest absolute Gasteiger partial charge is 0.271 e. The third-order valence-corrected chi connectivity index (χ3v) is 6.14. The summed E-state index contributed by atoms with van der Waals surface area (Å²) in [5.74, 6) is -0.818. The molecule has 3 rings (SSSR count). The molecule has 14 heteroatoms. The molecule has 188 valence electrons. The summed E-state index contributed by atoms with van der Waals surface area (Å²) in [4.78, 5) is 51.1. The maximum absolute atomic E-state index is 13.1. The number of amidine groups is 1. The molecular weight excluding hydrogens is 492 g/mol. The lowest BCUT2D eigenvalue weighted by atomic mass is 10.1. The van der Waals surface area contributed by atoms with Crippen LogP contribution in [-0.4, -0.2) is 56.5 Å². The second kappa shape index (κ2) is 11.4. The van der Waals surface area contributed by atoms with E-state index >= 15 is 0 Å². The minimum atomic E-state index is -0.846. The van der Waals surface area contributed by atoms with Crippen molar-refractivity contribution in [2.75, 3.05) is 19.0 Å². The van der Waals surface area contributed by atoms with Crippen LogP contribution < -0.4 is 10.1 Å². The van der Waals surface area contributed by atoms with Gasteiger partial charge in [-0.15, -0.1) is 0 Å². The number of anilines is 1. The number of carbonyl (C=O) groups excluding carboxylic acids is 2. The summed E-state index contributed by atoms with van der Waals surface area (Å²) in [6.45, 7) is 3.75. The second-order valence-corrected chi connectivity index (χ2v) is 8.57. The maximum atomic E-state index is 13.1. The molecule has 0 radical (unpaired) electrons. The van der Waals surface area contributed by atoms with Crippen molar-refractivity contribution in [1.29, 1.82) is 0 Å². The fourth-order valence-electron chi connectivity index (χ4n) is 3.25. The molecule has 2 amide bonds. The van der Waals surface area contributed by atoms with Crippen molar-refractivity contribution in [2.45, 2.75) is 25.5 Å². The molecule has 1 saturated heterocycles. The van der Waals surface area contributed by atoms with Gasteiger partial charge in [-0.05, 0) is 19.9 Å². The monoisotopic (exact) mass is 514 g/mol. The van der Waals surface area contributed by atoms with Gasteiger partial charge in [0.15, 0.2) is 5.17 Å². The van der Waals surface area contributed by atoms with Crippen molar-refractivity contribution >= 4 is 51.5 Å². The fraction of sp³-hybridized carbons (Fsp3) is 0.273. The van der Waals surface area contributed by atoms with Crippen molar-refractivity contribution in [3.63, 3.8) is 0 Å². The summed E-state index contributed by atoms with van der Waals surface area (Å²) in [7, 11) is 1.36. The number of benzene rings is 2. The molecule has 1 N–H and O–H groups in total. The number of non-ortho nitro benzene ring substituents is 2. The van der Waals surface area contributed by atoms with Gasteiger partial charge in [0.25, 0.3) is 17.3 Å². The highest BCUT2D eigenvalue weighted by Crippen LogP contribution is 2.32. The molecule has 2 aromatic carbocycles. The van der Waals surface area contributed by atoms with Gasteiger partial charge in [0.2, 0.25) is 5.91 Å². The number of ether oxygens (including phenoxy) is 1. The van der Waals surface area contributed by atoms with Crippen molar-refractivity contribution in [1.82, 2.24) is 5.01 Å². The van der Waals surface area contributed by atoms with E-state index in [-0.39, 0.29) is 34.4 Å². The van der Waals surface area contributed by atoms with Crippen LogP contribution in [0.1, 0.15) is 25.8 Å². The van der Waals surface area contributed by atoms with E-state index in [1.807, 2.05) is 0 Å². The first-order valence-electron chi connectivity index (χ1n) is 10.6. The van der Waals surface area contributed by atoms with Gasteiger partial charge in [0.05, 0.1) is 28.4 Å². The summed E-state index contributed by atoms with van der Waals surface area (Å²) < 4.78 is 5.15. The topological polar surface area (TPSA) is 170 Å². The molecule has 1 heterocycles. The van der Waals surface area contributed by atoms with Gasteiger partial charge in [0, 0.05) is 42.8 Å². The number of methoxy groups -OCH3 is 1. The van der Waals surface area contributed by atoms with E-state index < -0.39 is 26.9 Å². The van der Waals surface area contributed by atoms with E-state index in [0.29, 0.717) is 17.8 Å². The largest absolute Gasteiger partial charge is 0.495 e. The molecule has 1 aliphatic rings. The standard InChI is InChI=1S/C22H22N6O7S/c1-4-23-22-26(25-13(2)14-6-5-7-15(10-14)27(31)32)21(30)19(36-22)12-20(29)24-17-11-16(28(33)34)8-9-18(17)35-3/h5-11,19H,4,12H2,1-3H3,(H,24,29)/b23-22?,25-13+. The number of aliphatic imine (C=N–C) groups is 1. The normalized spacial score (nSPS) is 16.8.